The number of carbonyl (C=O) groups excluding carboxylic acids is 1. The Kier molecular flexibility index (Phi) is 5.31. The van der Waals surface area contributed by atoms with Crippen LogP contribution in [0.4, 0.5) is 0 Å². The Morgan fingerprint density at radius 1 is 1.39 bits per heavy atom. The second-order valence-corrected chi connectivity index (χ2v) is 4.75. The summed E-state index contributed by atoms with van der Waals surface area (Å²) in [7, 11) is 0. The molecule has 0 saturated heterocycles. The average Bonchev–Trinajstić information content (AvgIpc) is 2.36. The number of hydrogen-bond donors (Lipinski definition) is 2. The molecule has 4 heteroatoms. The molecule has 0 aliphatic carbocycles. The summed E-state index contributed by atoms with van der Waals surface area (Å²) in [6, 6.07) is 9.54. The maximum Gasteiger partial charge on any atom is 0.320 e. The number of benzene rings is 1. The summed E-state index contributed by atoms with van der Waals surface area (Å²) in [5.74, 6) is -0.319. The van der Waals surface area contributed by atoms with Crippen LogP contribution >= 0.6 is 0 Å². The third kappa shape index (κ3) is 4.13. The molecular formula is C14H21NO3. The fourth-order valence-electron chi connectivity index (χ4n) is 1.63. The van der Waals surface area contributed by atoms with Crippen molar-refractivity contribution in [2.75, 3.05) is 13.2 Å². The summed E-state index contributed by atoms with van der Waals surface area (Å²) in [4.78, 5) is 11.5. The molecule has 2 N–H and O–H groups in total. The van der Waals surface area contributed by atoms with Crippen molar-refractivity contribution in [1.82, 2.24) is 5.32 Å². The van der Waals surface area contributed by atoms with Gasteiger partial charge in [-0.3, -0.25) is 10.1 Å². The van der Waals surface area contributed by atoms with Crippen LogP contribution in [0.25, 0.3) is 0 Å². The van der Waals surface area contributed by atoms with Gasteiger partial charge in [-0.25, -0.2) is 0 Å². The van der Waals surface area contributed by atoms with E-state index < -0.39 is 5.54 Å². The SMILES string of the molecule is CC(C)OC(=O)CNC(C)(CO)c1ccccc1. The van der Waals surface area contributed by atoms with E-state index in [2.05, 4.69) is 5.32 Å². The summed E-state index contributed by atoms with van der Waals surface area (Å²) in [5, 5.41) is 12.6. The minimum atomic E-state index is -0.642. The van der Waals surface area contributed by atoms with E-state index in [4.69, 9.17) is 4.74 Å². The number of ether oxygens (including phenoxy) is 1. The largest absolute Gasteiger partial charge is 0.462 e. The van der Waals surface area contributed by atoms with Gasteiger partial charge < -0.3 is 9.84 Å². The Labute approximate surface area is 108 Å². The van der Waals surface area contributed by atoms with E-state index >= 15 is 0 Å². The number of esters is 1. The molecule has 0 aliphatic heterocycles. The lowest BCUT2D eigenvalue weighted by Crippen LogP contribution is -2.45. The Morgan fingerprint density at radius 3 is 2.50 bits per heavy atom. The molecule has 100 valence electrons. The van der Waals surface area contributed by atoms with Crippen LogP contribution in [0, 0.1) is 0 Å². The number of hydrogen-bond acceptors (Lipinski definition) is 4. The van der Waals surface area contributed by atoms with Crippen LogP contribution < -0.4 is 5.32 Å². The fourth-order valence-corrected chi connectivity index (χ4v) is 1.63. The van der Waals surface area contributed by atoms with Gasteiger partial charge in [0.1, 0.15) is 0 Å². The van der Waals surface area contributed by atoms with Crippen LogP contribution in [0.1, 0.15) is 26.3 Å². The molecule has 0 aliphatic rings. The first kappa shape index (κ1) is 14.7. The molecular weight excluding hydrogens is 230 g/mol. The number of aliphatic hydroxyl groups is 1. The molecule has 0 aromatic heterocycles. The highest BCUT2D eigenvalue weighted by atomic mass is 16.5. The van der Waals surface area contributed by atoms with Gasteiger partial charge in [-0.05, 0) is 26.3 Å². The van der Waals surface area contributed by atoms with E-state index in [0.29, 0.717) is 0 Å². The van der Waals surface area contributed by atoms with Crippen LogP contribution in [-0.2, 0) is 15.1 Å². The first-order valence-corrected chi connectivity index (χ1v) is 6.09. The highest BCUT2D eigenvalue weighted by Crippen LogP contribution is 2.19. The van der Waals surface area contributed by atoms with Crippen molar-refractivity contribution in [1.29, 1.82) is 0 Å². The maximum atomic E-state index is 11.5. The molecule has 1 aromatic carbocycles. The highest BCUT2D eigenvalue weighted by Gasteiger charge is 2.26. The lowest BCUT2D eigenvalue weighted by Gasteiger charge is -2.29. The molecule has 0 spiro atoms. The van der Waals surface area contributed by atoms with Gasteiger partial charge in [0.25, 0.3) is 0 Å². The standard InChI is InChI=1S/C14H21NO3/c1-11(2)18-13(17)9-15-14(3,10-16)12-7-5-4-6-8-12/h4-8,11,15-16H,9-10H2,1-3H3. The zero-order valence-corrected chi connectivity index (χ0v) is 11.1. The molecule has 0 heterocycles. The molecule has 1 atom stereocenters. The number of carbonyl (C=O) groups is 1. The van der Waals surface area contributed by atoms with Crippen LogP contribution in [0.5, 0.6) is 0 Å². The first-order valence-electron chi connectivity index (χ1n) is 6.09. The van der Waals surface area contributed by atoms with E-state index in [1.807, 2.05) is 37.3 Å². The molecule has 1 aromatic rings. The van der Waals surface area contributed by atoms with Crippen molar-refractivity contribution in [2.24, 2.45) is 0 Å². The molecule has 0 bridgehead atoms. The van der Waals surface area contributed by atoms with Crippen molar-refractivity contribution in [2.45, 2.75) is 32.4 Å². The van der Waals surface area contributed by atoms with Gasteiger partial charge in [-0.15, -0.1) is 0 Å². The van der Waals surface area contributed by atoms with E-state index in [-0.39, 0.29) is 25.2 Å². The molecule has 4 nitrogen and oxygen atoms in total. The summed E-state index contributed by atoms with van der Waals surface area (Å²) in [5.41, 5.74) is 0.293. The van der Waals surface area contributed by atoms with E-state index in [1.165, 1.54) is 0 Å². The average molecular weight is 251 g/mol. The van der Waals surface area contributed by atoms with Gasteiger partial charge in [0.05, 0.1) is 24.8 Å². The predicted molar refractivity (Wildman–Crippen MR) is 70.1 cm³/mol. The fraction of sp³-hybridized carbons (Fsp3) is 0.500. The van der Waals surface area contributed by atoms with E-state index in [9.17, 15) is 9.90 Å². The van der Waals surface area contributed by atoms with Crippen molar-refractivity contribution in [3.8, 4) is 0 Å². The van der Waals surface area contributed by atoms with Crippen LogP contribution in [0.15, 0.2) is 30.3 Å². The van der Waals surface area contributed by atoms with Crippen LogP contribution in [0.3, 0.4) is 0 Å². The van der Waals surface area contributed by atoms with Crippen molar-refractivity contribution in [3.63, 3.8) is 0 Å². The Morgan fingerprint density at radius 2 is 2.00 bits per heavy atom. The zero-order chi connectivity index (χ0) is 13.6. The van der Waals surface area contributed by atoms with Gasteiger partial charge in [-0.1, -0.05) is 30.3 Å². The molecule has 0 saturated carbocycles. The van der Waals surface area contributed by atoms with Crippen molar-refractivity contribution in [3.05, 3.63) is 35.9 Å². The summed E-state index contributed by atoms with van der Waals surface area (Å²) >= 11 is 0. The molecule has 1 unspecified atom stereocenters. The molecule has 1 rings (SSSR count). The third-order valence-corrected chi connectivity index (χ3v) is 2.72. The first-order chi connectivity index (χ1) is 8.48. The third-order valence-electron chi connectivity index (χ3n) is 2.72. The van der Waals surface area contributed by atoms with E-state index in [1.54, 1.807) is 13.8 Å². The van der Waals surface area contributed by atoms with Crippen molar-refractivity contribution >= 4 is 5.97 Å². The Hall–Kier alpha value is -1.39. The molecule has 0 fully saturated rings. The molecule has 0 radical (unpaired) electrons. The second-order valence-electron chi connectivity index (χ2n) is 4.75. The number of aliphatic hydroxyl groups excluding tert-OH is 1. The summed E-state index contributed by atoms with van der Waals surface area (Å²) in [6.07, 6.45) is -0.128. The quantitative estimate of drug-likeness (QED) is 0.751. The summed E-state index contributed by atoms with van der Waals surface area (Å²) < 4.78 is 5.04. The summed E-state index contributed by atoms with van der Waals surface area (Å²) in [6.45, 7) is 5.45. The smallest absolute Gasteiger partial charge is 0.320 e. The highest BCUT2D eigenvalue weighted by molar-refractivity contribution is 5.72. The lowest BCUT2D eigenvalue weighted by atomic mass is 9.93. The second kappa shape index (κ2) is 6.52. The normalized spacial score (nSPS) is 14.3. The Bertz CT molecular complexity index is 378. The van der Waals surface area contributed by atoms with Gasteiger partial charge in [-0.2, -0.15) is 0 Å². The van der Waals surface area contributed by atoms with Gasteiger partial charge in [0, 0.05) is 0 Å². The van der Waals surface area contributed by atoms with Gasteiger partial charge >= 0.3 is 5.97 Å². The van der Waals surface area contributed by atoms with Gasteiger partial charge in [0.15, 0.2) is 0 Å². The monoisotopic (exact) mass is 251 g/mol. The Balaban J connectivity index is 2.64. The minimum Gasteiger partial charge on any atom is -0.462 e. The number of rotatable bonds is 6. The van der Waals surface area contributed by atoms with Crippen LogP contribution in [0.2, 0.25) is 0 Å². The maximum absolute atomic E-state index is 11.5. The lowest BCUT2D eigenvalue weighted by molar-refractivity contribution is -0.146. The van der Waals surface area contributed by atoms with Crippen molar-refractivity contribution < 1.29 is 14.6 Å². The van der Waals surface area contributed by atoms with E-state index in [0.717, 1.165) is 5.56 Å². The van der Waals surface area contributed by atoms with Gasteiger partial charge in [0.2, 0.25) is 0 Å². The van der Waals surface area contributed by atoms with Crippen LogP contribution in [-0.4, -0.2) is 30.3 Å². The molecule has 18 heavy (non-hydrogen) atoms. The zero-order valence-electron chi connectivity index (χ0n) is 11.1. The molecule has 0 amide bonds. The predicted octanol–water partition coefficient (Wildman–Crippen LogP) is 1.44. The topological polar surface area (TPSA) is 58.6 Å². The number of nitrogens with one attached hydrogen (secondary N) is 1. The minimum absolute atomic E-state index is 0.0735.